The SMILES string of the molecule is Cc1cc(C)cc(C(N)CN2CCC3CCC(C2)N3C)c1. The average Bonchev–Trinajstić information content (AvgIpc) is 2.66. The van der Waals surface area contributed by atoms with Crippen molar-refractivity contribution in [1.29, 1.82) is 0 Å². The number of hydrogen-bond acceptors (Lipinski definition) is 3. The normalized spacial score (nSPS) is 28.6. The van der Waals surface area contributed by atoms with Crippen molar-refractivity contribution in [2.75, 3.05) is 26.7 Å². The summed E-state index contributed by atoms with van der Waals surface area (Å²) in [6, 6.07) is 8.38. The maximum atomic E-state index is 6.49. The zero-order chi connectivity index (χ0) is 15.0. The second kappa shape index (κ2) is 6.07. The molecule has 3 nitrogen and oxygen atoms in total. The zero-order valence-corrected chi connectivity index (χ0v) is 13.7. The van der Waals surface area contributed by atoms with E-state index in [4.69, 9.17) is 5.73 Å². The molecule has 0 saturated carbocycles. The third kappa shape index (κ3) is 3.31. The van der Waals surface area contributed by atoms with Gasteiger partial charge in [-0.1, -0.05) is 29.3 Å². The Morgan fingerprint density at radius 2 is 1.76 bits per heavy atom. The van der Waals surface area contributed by atoms with E-state index in [2.05, 4.69) is 48.9 Å². The predicted octanol–water partition coefficient (Wildman–Crippen LogP) is 2.47. The fourth-order valence-electron chi connectivity index (χ4n) is 4.15. The molecule has 3 heteroatoms. The minimum absolute atomic E-state index is 0.130. The van der Waals surface area contributed by atoms with Crippen LogP contribution < -0.4 is 5.73 Å². The number of nitrogens with zero attached hydrogens (tertiary/aromatic N) is 2. The summed E-state index contributed by atoms with van der Waals surface area (Å²) in [6.07, 6.45) is 4.04. The lowest BCUT2D eigenvalue weighted by Gasteiger charge is -2.28. The maximum absolute atomic E-state index is 6.49. The van der Waals surface area contributed by atoms with Crippen LogP contribution in [0.5, 0.6) is 0 Å². The van der Waals surface area contributed by atoms with Crippen LogP contribution in [0.4, 0.5) is 0 Å². The first-order valence-corrected chi connectivity index (χ1v) is 8.31. The van der Waals surface area contributed by atoms with Gasteiger partial charge < -0.3 is 5.73 Å². The number of benzene rings is 1. The number of hydrogen-bond donors (Lipinski definition) is 1. The Labute approximate surface area is 129 Å². The molecule has 116 valence electrons. The fourth-order valence-corrected chi connectivity index (χ4v) is 4.15. The molecule has 2 fully saturated rings. The number of aryl methyl sites for hydroxylation is 2. The minimum atomic E-state index is 0.130. The van der Waals surface area contributed by atoms with E-state index in [0.29, 0.717) is 0 Å². The van der Waals surface area contributed by atoms with Gasteiger partial charge in [-0.2, -0.15) is 0 Å². The quantitative estimate of drug-likeness (QED) is 0.927. The molecule has 1 aromatic rings. The lowest BCUT2D eigenvalue weighted by Crippen LogP contribution is -2.39. The summed E-state index contributed by atoms with van der Waals surface area (Å²) < 4.78 is 0. The Morgan fingerprint density at radius 3 is 2.48 bits per heavy atom. The topological polar surface area (TPSA) is 32.5 Å². The Morgan fingerprint density at radius 1 is 1.10 bits per heavy atom. The van der Waals surface area contributed by atoms with E-state index in [1.165, 1.54) is 49.0 Å². The number of rotatable bonds is 3. The van der Waals surface area contributed by atoms with Gasteiger partial charge in [0.05, 0.1) is 0 Å². The molecule has 2 heterocycles. The molecular formula is C18H29N3. The molecule has 3 unspecified atom stereocenters. The molecule has 0 aliphatic carbocycles. The van der Waals surface area contributed by atoms with Gasteiger partial charge in [0.1, 0.15) is 0 Å². The van der Waals surface area contributed by atoms with E-state index in [-0.39, 0.29) is 6.04 Å². The lowest BCUT2D eigenvalue weighted by atomic mass is 10.0. The summed E-state index contributed by atoms with van der Waals surface area (Å²) in [5, 5.41) is 0. The first-order valence-electron chi connectivity index (χ1n) is 8.31. The van der Waals surface area contributed by atoms with E-state index in [1.54, 1.807) is 0 Å². The lowest BCUT2D eigenvalue weighted by molar-refractivity contribution is 0.212. The molecule has 3 atom stereocenters. The van der Waals surface area contributed by atoms with Crippen LogP contribution in [-0.2, 0) is 0 Å². The molecule has 2 saturated heterocycles. The molecule has 0 radical (unpaired) electrons. The fraction of sp³-hybridized carbons (Fsp3) is 0.667. The summed E-state index contributed by atoms with van der Waals surface area (Å²) in [7, 11) is 2.30. The smallest absolute Gasteiger partial charge is 0.0424 e. The van der Waals surface area contributed by atoms with Crippen LogP contribution in [0.1, 0.15) is 42.0 Å². The molecule has 0 spiro atoms. The van der Waals surface area contributed by atoms with E-state index in [0.717, 1.165) is 18.6 Å². The molecule has 3 rings (SSSR count). The van der Waals surface area contributed by atoms with Crippen LogP contribution in [0.25, 0.3) is 0 Å². The number of nitrogens with two attached hydrogens (primary N) is 1. The molecule has 2 aliphatic heterocycles. The van der Waals surface area contributed by atoms with Gasteiger partial charge in [0.2, 0.25) is 0 Å². The Balaban J connectivity index is 1.66. The predicted molar refractivity (Wildman–Crippen MR) is 88.5 cm³/mol. The summed E-state index contributed by atoms with van der Waals surface area (Å²) in [4.78, 5) is 5.19. The highest BCUT2D eigenvalue weighted by Gasteiger charge is 2.34. The number of likely N-dealkylation sites (tertiary alicyclic amines) is 1. The van der Waals surface area contributed by atoms with Crippen molar-refractivity contribution in [3.8, 4) is 0 Å². The molecule has 21 heavy (non-hydrogen) atoms. The summed E-state index contributed by atoms with van der Waals surface area (Å²) in [5.74, 6) is 0. The molecule has 0 amide bonds. The molecule has 1 aromatic carbocycles. The van der Waals surface area contributed by atoms with Gasteiger partial charge in [0.25, 0.3) is 0 Å². The average molecular weight is 287 g/mol. The van der Waals surface area contributed by atoms with Crippen LogP contribution in [0.2, 0.25) is 0 Å². The van der Waals surface area contributed by atoms with Crippen molar-refractivity contribution >= 4 is 0 Å². The van der Waals surface area contributed by atoms with Crippen LogP contribution >= 0.6 is 0 Å². The largest absolute Gasteiger partial charge is 0.323 e. The van der Waals surface area contributed by atoms with Crippen molar-refractivity contribution in [1.82, 2.24) is 9.80 Å². The van der Waals surface area contributed by atoms with Crippen LogP contribution in [0, 0.1) is 13.8 Å². The highest BCUT2D eigenvalue weighted by Crippen LogP contribution is 2.29. The molecule has 2 N–H and O–H groups in total. The van der Waals surface area contributed by atoms with Crippen molar-refractivity contribution in [2.45, 2.75) is 51.2 Å². The first kappa shape index (κ1) is 15.0. The van der Waals surface area contributed by atoms with Gasteiger partial charge in [-0.25, -0.2) is 0 Å². The van der Waals surface area contributed by atoms with Gasteiger partial charge in [-0.15, -0.1) is 0 Å². The van der Waals surface area contributed by atoms with Gasteiger partial charge in [0, 0.05) is 31.2 Å². The Kier molecular flexibility index (Phi) is 4.34. The Hall–Kier alpha value is -0.900. The van der Waals surface area contributed by atoms with E-state index < -0.39 is 0 Å². The number of fused-ring (bicyclic) bond motifs is 2. The third-order valence-electron chi connectivity index (χ3n) is 5.36. The third-order valence-corrected chi connectivity index (χ3v) is 5.36. The second-order valence-electron chi connectivity index (χ2n) is 7.13. The molecule has 2 aliphatic rings. The van der Waals surface area contributed by atoms with Crippen LogP contribution in [0.15, 0.2) is 18.2 Å². The van der Waals surface area contributed by atoms with Gasteiger partial charge >= 0.3 is 0 Å². The minimum Gasteiger partial charge on any atom is -0.323 e. The molecule has 0 aromatic heterocycles. The van der Waals surface area contributed by atoms with Gasteiger partial charge in [0.15, 0.2) is 0 Å². The van der Waals surface area contributed by atoms with Crippen LogP contribution in [-0.4, -0.2) is 48.6 Å². The van der Waals surface area contributed by atoms with E-state index in [1.807, 2.05) is 0 Å². The van der Waals surface area contributed by atoms with Crippen LogP contribution in [0.3, 0.4) is 0 Å². The maximum Gasteiger partial charge on any atom is 0.0424 e. The molecular weight excluding hydrogens is 258 g/mol. The second-order valence-corrected chi connectivity index (χ2v) is 7.13. The molecule has 2 bridgehead atoms. The monoisotopic (exact) mass is 287 g/mol. The Bertz CT molecular complexity index is 479. The highest BCUT2D eigenvalue weighted by atomic mass is 15.3. The van der Waals surface area contributed by atoms with Gasteiger partial charge in [-0.3, -0.25) is 9.80 Å². The zero-order valence-electron chi connectivity index (χ0n) is 13.7. The van der Waals surface area contributed by atoms with E-state index in [9.17, 15) is 0 Å². The highest BCUT2D eigenvalue weighted by molar-refractivity contribution is 5.30. The van der Waals surface area contributed by atoms with Gasteiger partial charge in [-0.05, 0) is 52.3 Å². The van der Waals surface area contributed by atoms with Crippen molar-refractivity contribution in [2.24, 2.45) is 5.73 Å². The van der Waals surface area contributed by atoms with Crippen molar-refractivity contribution < 1.29 is 0 Å². The summed E-state index contributed by atoms with van der Waals surface area (Å²) in [6.45, 7) is 7.68. The summed E-state index contributed by atoms with van der Waals surface area (Å²) in [5.41, 5.74) is 10.4. The first-order chi connectivity index (χ1) is 10.0. The van der Waals surface area contributed by atoms with E-state index >= 15 is 0 Å². The van der Waals surface area contributed by atoms with Crippen molar-refractivity contribution in [3.05, 3.63) is 34.9 Å². The summed E-state index contributed by atoms with van der Waals surface area (Å²) >= 11 is 0. The van der Waals surface area contributed by atoms with Crippen molar-refractivity contribution in [3.63, 3.8) is 0 Å². The number of likely N-dealkylation sites (N-methyl/N-ethyl adjacent to an activating group) is 1. The standard InChI is InChI=1S/C18H29N3/c1-13-8-14(2)10-15(9-13)18(19)12-21-7-6-16-4-5-17(11-21)20(16)3/h8-10,16-18H,4-7,11-12,19H2,1-3H3.